The number of nitrogens with one attached hydrogen (secondary N) is 1. The van der Waals surface area contributed by atoms with E-state index < -0.39 is 0 Å². The van der Waals surface area contributed by atoms with E-state index in [-0.39, 0.29) is 0 Å². The Balaban J connectivity index is 2.00. The van der Waals surface area contributed by atoms with Gasteiger partial charge in [-0.25, -0.2) is 0 Å². The minimum Gasteiger partial charge on any atom is -0.389 e. The number of ether oxygens (including phenoxy) is 1. The smallest absolute Gasteiger partial charge is 0.106 e. The van der Waals surface area contributed by atoms with Crippen molar-refractivity contribution >= 4 is 22.9 Å². The third-order valence-corrected chi connectivity index (χ3v) is 3.61. The average Bonchev–Trinajstić information content (AvgIpc) is 2.84. The topological polar surface area (TPSA) is 60.2 Å². The Morgan fingerprint density at radius 2 is 2.50 bits per heavy atom. The van der Waals surface area contributed by atoms with Crippen molar-refractivity contribution < 1.29 is 4.74 Å². The Hall–Kier alpha value is -1.20. The number of anilines is 1. The monoisotopic (exact) mass is 265 g/mol. The second kappa shape index (κ2) is 6.11. The number of pyridine rings is 1. The van der Waals surface area contributed by atoms with Crippen LogP contribution in [-0.2, 0) is 4.74 Å². The van der Waals surface area contributed by atoms with E-state index in [1.807, 2.05) is 6.07 Å². The van der Waals surface area contributed by atoms with Gasteiger partial charge in [-0.15, -0.1) is 0 Å². The van der Waals surface area contributed by atoms with Crippen molar-refractivity contribution in [3.05, 3.63) is 24.0 Å². The Bertz CT molecular complexity index is 424. The van der Waals surface area contributed by atoms with Gasteiger partial charge in [-0.05, 0) is 18.9 Å². The summed E-state index contributed by atoms with van der Waals surface area (Å²) in [6.07, 6.45) is 6.00. The molecule has 4 nitrogen and oxygen atoms in total. The van der Waals surface area contributed by atoms with Gasteiger partial charge in [0.05, 0.1) is 18.0 Å². The molecular weight excluding hydrogens is 246 g/mol. The molecule has 1 fully saturated rings. The highest BCUT2D eigenvalue weighted by Crippen LogP contribution is 2.24. The van der Waals surface area contributed by atoms with E-state index in [1.54, 1.807) is 12.4 Å². The summed E-state index contributed by atoms with van der Waals surface area (Å²) in [5.74, 6) is 0.550. The summed E-state index contributed by atoms with van der Waals surface area (Å²) in [7, 11) is 0. The number of nitrogens with zero attached hydrogens (tertiary/aromatic N) is 1. The third-order valence-electron chi connectivity index (χ3n) is 3.39. The summed E-state index contributed by atoms with van der Waals surface area (Å²) in [6, 6.07) is 1.84. The summed E-state index contributed by atoms with van der Waals surface area (Å²) in [6.45, 7) is 3.90. The zero-order valence-corrected chi connectivity index (χ0v) is 11.4. The van der Waals surface area contributed by atoms with Gasteiger partial charge < -0.3 is 15.8 Å². The van der Waals surface area contributed by atoms with Crippen LogP contribution in [0.1, 0.15) is 25.3 Å². The quantitative estimate of drug-likeness (QED) is 0.797. The van der Waals surface area contributed by atoms with Crippen molar-refractivity contribution in [3.63, 3.8) is 0 Å². The first kappa shape index (κ1) is 13.2. The lowest BCUT2D eigenvalue weighted by Gasteiger charge is -2.18. The predicted molar refractivity (Wildman–Crippen MR) is 76.8 cm³/mol. The molecule has 1 aliphatic rings. The molecule has 2 unspecified atom stereocenters. The predicted octanol–water partition coefficient (Wildman–Crippen LogP) is 1.94. The molecule has 1 aliphatic heterocycles. The minimum atomic E-state index is 0.363. The maximum Gasteiger partial charge on any atom is 0.106 e. The molecule has 2 heterocycles. The fourth-order valence-corrected chi connectivity index (χ4v) is 2.55. The molecule has 0 aliphatic carbocycles. The van der Waals surface area contributed by atoms with Crippen molar-refractivity contribution in [3.8, 4) is 0 Å². The molecule has 0 amide bonds. The minimum absolute atomic E-state index is 0.363. The molecule has 0 saturated carbocycles. The summed E-state index contributed by atoms with van der Waals surface area (Å²) in [5, 5.41) is 3.39. The first-order valence-electron chi connectivity index (χ1n) is 6.31. The Labute approximate surface area is 113 Å². The van der Waals surface area contributed by atoms with Crippen LogP contribution in [0.25, 0.3) is 0 Å². The van der Waals surface area contributed by atoms with E-state index >= 15 is 0 Å². The largest absolute Gasteiger partial charge is 0.389 e. The lowest BCUT2D eigenvalue weighted by Crippen LogP contribution is -2.24. The normalized spacial score (nSPS) is 22.9. The lowest BCUT2D eigenvalue weighted by molar-refractivity contribution is 0.0900. The molecule has 18 heavy (non-hydrogen) atoms. The van der Waals surface area contributed by atoms with E-state index in [0.717, 1.165) is 37.2 Å². The van der Waals surface area contributed by atoms with Crippen molar-refractivity contribution in [2.75, 3.05) is 18.5 Å². The number of thiocarbonyl (C=S) groups is 1. The molecule has 0 aromatic carbocycles. The van der Waals surface area contributed by atoms with Gasteiger partial charge in [0.1, 0.15) is 4.99 Å². The van der Waals surface area contributed by atoms with Gasteiger partial charge in [0, 0.05) is 30.8 Å². The highest BCUT2D eigenvalue weighted by molar-refractivity contribution is 7.80. The SMILES string of the molecule is CCC1OCCC1CNc1cnccc1C(N)=S. The fourth-order valence-electron chi connectivity index (χ4n) is 2.37. The standard InChI is InChI=1S/C13H19N3OS/c1-2-12-9(4-6-17-12)7-16-11-8-15-5-3-10(11)13(14)18/h3,5,8-9,12,16H,2,4,6-7H2,1H3,(H2,14,18). The molecule has 0 radical (unpaired) electrons. The molecule has 1 saturated heterocycles. The third kappa shape index (κ3) is 2.97. The highest BCUT2D eigenvalue weighted by atomic mass is 32.1. The van der Waals surface area contributed by atoms with Crippen LogP contribution in [0.4, 0.5) is 5.69 Å². The van der Waals surface area contributed by atoms with Gasteiger partial charge in [-0.1, -0.05) is 19.1 Å². The molecule has 0 spiro atoms. The van der Waals surface area contributed by atoms with Crippen molar-refractivity contribution in [2.24, 2.45) is 11.7 Å². The van der Waals surface area contributed by atoms with Crippen LogP contribution in [-0.4, -0.2) is 29.2 Å². The lowest BCUT2D eigenvalue weighted by atomic mass is 9.99. The molecule has 3 N–H and O–H groups in total. The van der Waals surface area contributed by atoms with E-state index in [1.165, 1.54) is 0 Å². The van der Waals surface area contributed by atoms with Gasteiger partial charge >= 0.3 is 0 Å². The van der Waals surface area contributed by atoms with Crippen LogP contribution in [0.5, 0.6) is 0 Å². The van der Waals surface area contributed by atoms with Crippen molar-refractivity contribution in [1.29, 1.82) is 0 Å². The summed E-state index contributed by atoms with van der Waals surface area (Å²) in [4.78, 5) is 4.50. The summed E-state index contributed by atoms with van der Waals surface area (Å²) < 4.78 is 5.67. The van der Waals surface area contributed by atoms with E-state index in [0.29, 0.717) is 17.0 Å². The van der Waals surface area contributed by atoms with Gasteiger partial charge in [0.25, 0.3) is 0 Å². The van der Waals surface area contributed by atoms with Gasteiger partial charge in [-0.3, -0.25) is 4.98 Å². The number of hydrogen-bond acceptors (Lipinski definition) is 4. The van der Waals surface area contributed by atoms with Gasteiger partial charge in [0.2, 0.25) is 0 Å². The zero-order valence-electron chi connectivity index (χ0n) is 10.6. The fraction of sp³-hybridized carbons (Fsp3) is 0.538. The van der Waals surface area contributed by atoms with Crippen molar-refractivity contribution in [2.45, 2.75) is 25.9 Å². The number of rotatable bonds is 5. The Kier molecular flexibility index (Phi) is 4.49. The molecule has 2 rings (SSSR count). The first-order valence-corrected chi connectivity index (χ1v) is 6.72. The Morgan fingerprint density at radius 1 is 1.67 bits per heavy atom. The van der Waals surface area contributed by atoms with Crippen LogP contribution in [0, 0.1) is 5.92 Å². The maximum atomic E-state index is 5.69. The second-order valence-corrected chi connectivity index (χ2v) is 4.97. The molecule has 1 aromatic heterocycles. The Morgan fingerprint density at radius 3 is 3.22 bits per heavy atom. The van der Waals surface area contributed by atoms with Crippen LogP contribution in [0.2, 0.25) is 0 Å². The summed E-state index contributed by atoms with van der Waals surface area (Å²) >= 11 is 5.03. The average molecular weight is 265 g/mol. The second-order valence-electron chi connectivity index (χ2n) is 4.53. The molecular formula is C13H19N3OS. The highest BCUT2D eigenvalue weighted by Gasteiger charge is 2.26. The molecule has 2 atom stereocenters. The van der Waals surface area contributed by atoms with E-state index in [9.17, 15) is 0 Å². The molecule has 5 heteroatoms. The molecule has 0 bridgehead atoms. The number of aromatic nitrogens is 1. The van der Waals surface area contributed by atoms with Crippen molar-refractivity contribution in [1.82, 2.24) is 4.98 Å². The van der Waals surface area contributed by atoms with Gasteiger partial charge in [0.15, 0.2) is 0 Å². The zero-order chi connectivity index (χ0) is 13.0. The number of hydrogen-bond donors (Lipinski definition) is 2. The van der Waals surface area contributed by atoms with Crippen LogP contribution in [0.3, 0.4) is 0 Å². The molecule has 1 aromatic rings. The van der Waals surface area contributed by atoms with Gasteiger partial charge in [-0.2, -0.15) is 0 Å². The summed E-state index contributed by atoms with van der Waals surface area (Å²) in [5.41, 5.74) is 7.45. The molecule has 98 valence electrons. The van der Waals surface area contributed by atoms with E-state index in [2.05, 4.69) is 17.2 Å². The van der Waals surface area contributed by atoms with Crippen LogP contribution in [0.15, 0.2) is 18.5 Å². The van der Waals surface area contributed by atoms with Crippen LogP contribution >= 0.6 is 12.2 Å². The van der Waals surface area contributed by atoms with E-state index in [4.69, 9.17) is 22.7 Å². The number of nitrogens with two attached hydrogens (primary N) is 1. The maximum absolute atomic E-state index is 5.69. The van der Waals surface area contributed by atoms with Crippen LogP contribution < -0.4 is 11.1 Å². The first-order chi connectivity index (χ1) is 8.72.